The van der Waals surface area contributed by atoms with E-state index >= 15 is 0 Å². The number of H-pyrrole nitrogens is 1. The Morgan fingerprint density at radius 1 is 1.32 bits per heavy atom. The predicted molar refractivity (Wildman–Crippen MR) is 73.6 cm³/mol. The SMILES string of the molecule is CCC(C1CCCCC1)n1c(O)c(C)c(=O)[nH]c1=O. The number of aromatic nitrogens is 2. The summed E-state index contributed by atoms with van der Waals surface area (Å²) >= 11 is 0. The van der Waals surface area contributed by atoms with E-state index in [1.54, 1.807) is 0 Å². The summed E-state index contributed by atoms with van der Waals surface area (Å²) in [5.41, 5.74) is -0.781. The summed E-state index contributed by atoms with van der Waals surface area (Å²) in [4.78, 5) is 25.8. The van der Waals surface area contributed by atoms with Crippen LogP contribution in [0.2, 0.25) is 0 Å². The molecule has 1 aliphatic rings. The van der Waals surface area contributed by atoms with E-state index in [0.29, 0.717) is 5.92 Å². The number of nitrogens with one attached hydrogen (secondary N) is 1. The zero-order chi connectivity index (χ0) is 14.0. The number of hydrogen-bond donors (Lipinski definition) is 2. The van der Waals surface area contributed by atoms with Gasteiger partial charge in [-0.1, -0.05) is 26.2 Å². The smallest absolute Gasteiger partial charge is 0.331 e. The molecule has 19 heavy (non-hydrogen) atoms. The third-order valence-electron chi connectivity index (χ3n) is 4.29. The van der Waals surface area contributed by atoms with Crippen LogP contribution in [0.4, 0.5) is 0 Å². The molecule has 0 radical (unpaired) electrons. The van der Waals surface area contributed by atoms with Crippen molar-refractivity contribution in [2.45, 2.75) is 58.4 Å². The summed E-state index contributed by atoms with van der Waals surface area (Å²) < 4.78 is 1.38. The van der Waals surface area contributed by atoms with Crippen LogP contribution in [0.25, 0.3) is 0 Å². The van der Waals surface area contributed by atoms with E-state index < -0.39 is 11.2 Å². The molecule has 2 N–H and O–H groups in total. The first-order valence-electron chi connectivity index (χ1n) is 7.10. The average molecular weight is 266 g/mol. The Hall–Kier alpha value is -1.52. The Bertz CT molecular complexity index is 553. The zero-order valence-corrected chi connectivity index (χ0v) is 11.6. The molecule has 0 aromatic carbocycles. The molecular formula is C14H22N2O3. The highest BCUT2D eigenvalue weighted by atomic mass is 16.3. The summed E-state index contributed by atoms with van der Waals surface area (Å²) in [5, 5.41) is 10.1. The van der Waals surface area contributed by atoms with Crippen molar-refractivity contribution in [3.63, 3.8) is 0 Å². The molecule has 0 spiro atoms. The zero-order valence-electron chi connectivity index (χ0n) is 11.6. The van der Waals surface area contributed by atoms with Crippen LogP contribution in [0.1, 0.15) is 57.1 Å². The van der Waals surface area contributed by atoms with Crippen molar-refractivity contribution in [2.75, 3.05) is 0 Å². The molecule has 0 bridgehead atoms. The molecule has 1 fully saturated rings. The molecule has 1 aromatic rings. The second-order valence-corrected chi connectivity index (χ2v) is 5.45. The summed E-state index contributed by atoms with van der Waals surface area (Å²) in [5.74, 6) is 0.235. The molecule has 0 aliphatic heterocycles. The maximum absolute atomic E-state index is 12.0. The molecule has 2 rings (SSSR count). The standard InChI is InChI=1S/C14H22N2O3/c1-3-11(10-7-5-4-6-8-10)16-13(18)9(2)12(17)15-14(16)19/h10-11,18H,3-8H2,1-2H3,(H,15,17,19). The minimum absolute atomic E-state index is 0.0247. The van der Waals surface area contributed by atoms with Gasteiger partial charge < -0.3 is 5.11 Å². The molecule has 0 saturated heterocycles. The molecule has 5 nitrogen and oxygen atoms in total. The predicted octanol–water partition coefficient (Wildman–Crippen LogP) is 2.08. The Morgan fingerprint density at radius 2 is 1.95 bits per heavy atom. The van der Waals surface area contributed by atoms with E-state index in [4.69, 9.17) is 0 Å². The normalized spacial score (nSPS) is 18.4. The minimum atomic E-state index is -0.503. The van der Waals surface area contributed by atoms with E-state index in [9.17, 15) is 14.7 Å². The third-order valence-corrected chi connectivity index (χ3v) is 4.29. The Balaban J connectivity index is 2.46. The Labute approximate surface area is 112 Å². The fourth-order valence-corrected chi connectivity index (χ4v) is 3.18. The van der Waals surface area contributed by atoms with E-state index in [-0.39, 0.29) is 17.5 Å². The van der Waals surface area contributed by atoms with Crippen molar-refractivity contribution in [1.82, 2.24) is 9.55 Å². The first kappa shape index (κ1) is 13.9. The van der Waals surface area contributed by atoms with Gasteiger partial charge in [-0.15, -0.1) is 0 Å². The maximum Gasteiger partial charge on any atom is 0.331 e. The molecule has 0 amide bonds. The average Bonchev–Trinajstić information content (AvgIpc) is 2.42. The van der Waals surface area contributed by atoms with E-state index in [1.807, 2.05) is 6.92 Å². The lowest BCUT2D eigenvalue weighted by Gasteiger charge is -2.31. The molecule has 1 aliphatic carbocycles. The molecule has 1 unspecified atom stereocenters. The molecule has 106 valence electrons. The number of aromatic amines is 1. The highest BCUT2D eigenvalue weighted by Gasteiger charge is 2.27. The lowest BCUT2D eigenvalue weighted by Crippen LogP contribution is -2.36. The van der Waals surface area contributed by atoms with Crippen molar-refractivity contribution in [3.8, 4) is 5.88 Å². The molecular weight excluding hydrogens is 244 g/mol. The van der Waals surface area contributed by atoms with Crippen molar-refractivity contribution < 1.29 is 5.11 Å². The number of nitrogens with zero attached hydrogens (tertiary/aromatic N) is 1. The summed E-state index contributed by atoms with van der Waals surface area (Å²) in [6.07, 6.45) is 6.56. The second-order valence-electron chi connectivity index (χ2n) is 5.45. The molecule has 1 atom stereocenters. The van der Waals surface area contributed by atoms with Crippen LogP contribution in [0.5, 0.6) is 5.88 Å². The van der Waals surface area contributed by atoms with Crippen molar-refractivity contribution in [1.29, 1.82) is 0 Å². The number of aromatic hydroxyl groups is 1. The highest BCUT2D eigenvalue weighted by Crippen LogP contribution is 2.35. The fraction of sp³-hybridized carbons (Fsp3) is 0.714. The maximum atomic E-state index is 12.0. The fourth-order valence-electron chi connectivity index (χ4n) is 3.18. The first-order chi connectivity index (χ1) is 9.06. The van der Waals surface area contributed by atoms with Gasteiger partial charge in [0.05, 0.1) is 5.56 Å². The van der Waals surface area contributed by atoms with Gasteiger partial charge in [-0.2, -0.15) is 0 Å². The van der Waals surface area contributed by atoms with Crippen molar-refractivity contribution in [3.05, 3.63) is 26.4 Å². The van der Waals surface area contributed by atoms with E-state index in [1.165, 1.54) is 30.8 Å². The van der Waals surface area contributed by atoms with Gasteiger partial charge in [0.25, 0.3) is 5.56 Å². The molecule has 5 heteroatoms. The quantitative estimate of drug-likeness (QED) is 0.879. The van der Waals surface area contributed by atoms with Gasteiger partial charge >= 0.3 is 5.69 Å². The Morgan fingerprint density at radius 3 is 2.53 bits per heavy atom. The number of rotatable bonds is 3. The third kappa shape index (κ3) is 2.60. The van der Waals surface area contributed by atoms with E-state index in [0.717, 1.165) is 19.3 Å². The van der Waals surface area contributed by atoms with Gasteiger partial charge in [-0.3, -0.25) is 14.3 Å². The van der Waals surface area contributed by atoms with Crippen LogP contribution in [-0.4, -0.2) is 14.7 Å². The topological polar surface area (TPSA) is 75.1 Å². The largest absolute Gasteiger partial charge is 0.494 e. The lowest BCUT2D eigenvalue weighted by atomic mass is 9.82. The van der Waals surface area contributed by atoms with Gasteiger partial charge in [0.15, 0.2) is 0 Å². The van der Waals surface area contributed by atoms with Crippen molar-refractivity contribution >= 4 is 0 Å². The number of hydrogen-bond acceptors (Lipinski definition) is 3. The summed E-state index contributed by atoms with van der Waals surface area (Å²) in [7, 11) is 0. The van der Waals surface area contributed by atoms with Crippen LogP contribution in [0.15, 0.2) is 9.59 Å². The van der Waals surface area contributed by atoms with Gasteiger partial charge in [0.2, 0.25) is 5.88 Å². The van der Waals surface area contributed by atoms with Gasteiger partial charge in [0, 0.05) is 6.04 Å². The summed E-state index contributed by atoms with van der Waals surface area (Å²) in [6.45, 7) is 3.56. The van der Waals surface area contributed by atoms with Crippen LogP contribution in [-0.2, 0) is 0 Å². The first-order valence-corrected chi connectivity index (χ1v) is 7.10. The molecule has 1 heterocycles. The van der Waals surface area contributed by atoms with E-state index in [2.05, 4.69) is 4.98 Å². The van der Waals surface area contributed by atoms with Crippen LogP contribution in [0.3, 0.4) is 0 Å². The lowest BCUT2D eigenvalue weighted by molar-refractivity contribution is 0.219. The molecule has 1 aromatic heterocycles. The van der Waals surface area contributed by atoms with Gasteiger partial charge in [-0.25, -0.2) is 4.79 Å². The second kappa shape index (κ2) is 5.63. The Kier molecular flexibility index (Phi) is 4.12. The molecule has 1 saturated carbocycles. The minimum Gasteiger partial charge on any atom is -0.494 e. The summed E-state index contributed by atoms with van der Waals surface area (Å²) in [6, 6.07) is -0.0247. The highest BCUT2D eigenvalue weighted by molar-refractivity contribution is 5.21. The van der Waals surface area contributed by atoms with Gasteiger partial charge in [0.1, 0.15) is 0 Å². The van der Waals surface area contributed by atoms with Crippen molar-refractivity contribution in [2.24, 2.45) is 5.92 Å². The van der Waals surface area contributed by atoms with Gasteiger partial charge in [-0.05, 0) is 32.1 Å². The van der Waals surface area contributed by atoms with Crippen LogP contribution in [0, 0.1) is 12.8 Å². The van der Waals surface area contributed by atoms with Crippen LogP contribution < -0.4 is 11.2 Å². The van der Waals surface area contributed by atoms with Crippen LogP contribution >= 0.6 is 0 Å². The monoisotopic (exact) mass is 266 g/mol.